The van der Waals surface area contributed by atoms with Crippen LogP contribution >= 0.6 is 0 Å². The summed E-state index contributed by atoms with van der Waals surface area (Å²) in [7, 11) is 0. The van der Waals surface area contributed by atoms with Crippen molar-refractivity contribution < 1.29 is 19.2 Å². The highest BCUT2D eigenvalue weighted by atomic mass is 19.1. The molecule has 1 aromatic rings. The number of benzene rings is 1. The highest BCUT2D eigenvalue weighted by molar-refractivity contribution is 5.66. The maximum atomic E-state index is 13.9. The Bertz CT molecular complexity index is 552. The van der Waals surface area contributed by atoms with E-state index in [0.29, 0.717) is 6.54 Å². The van der Waals surface area contributed by atoms with Crippen molar-refractivity contribution in [2.45, 2.75) is 13.0 Å². The number of nitrogens with zero attached hydrogens (tertiary/aromatic N) is 3. The second kappa shape index (κ2) is 5.32. The van der Waals surface area contributed by atoms with E-state index in [1.807, 2.05) is 0 Å². The van der Waals surface area contributed by atoms with Gasteiger partial charge in [-0.15, -0.1) is 0 Å². The minimum Gasteiger partial charge on any atom is -0.465 e. The van der Waals surface area contributed by atoms with Crippen LogP contribution in [-0.4, -0.2) is 46.7 Å². The van der Waals surface area contributed by atoms with Crippen LogP contribution in [0.1, 0.15) is 6.92 Å². The second-order valence-electron chi connectivity index (χ2n) is 4.66. The van der Waals surface area contributed by atoms with Gasteiger partial charge in [0.15, 0.2) is 5.82 Å². The smallest absolute Gasteiger partial charge is 0.407 e. The lowest BCUT2D eigenvalue weighted by molar-refractivity contribution is -0.385. The molecule has 1 N–H and O–H groups in total. The molecular formula is C12H14FN3O4. The Balaban J connectivity index is 2.20. The van der Waals surface area contributed by atoms with Gasteiger partial charge in [-0.1, -0.05) is 0 Å². The fourth-order valence-corrected chi connectivity index (χ4v) is 2.33. The molecule has 0 spiro atoms. The summed E-state index contributed by atoms with van der Waals surface area (Å²) in [6, 6.07) is 3.29. The standard InChI is InChI=1S/C12H14FN3O4/c1-8-7-14(12(17)18)4-5-15(8)11-3-2-9(16(19)20)6-10(11)13/h2-3,6,8H,4-5,7H2,1H3,(H,17,18). The van der Waals surface area contributed by atoms with E-state index in [4.69, 9.17) is 5.11 Å². The Morgan fingerprint density at radius 1 is 1.50 bits per heavy atom. The van der Waals surface area contributed by atoms with Gasteiger partial charge >= 0.3 is 6.09 Å². The van der Waals surface area contributed by atoms with Crippen molar-refractivity contribution >= 4 is 17.5 Å². The molecule has 0 aromatic heterocycles. The quantitative estimate of drug-likeness (QED) is 0.662. The summed E-state index contributed by atoms with van der Waals surface area (Å²) in [5.74, 6) is -0.671. The number of nitro benzene ring substituents is 1. The van der Waals surface area contributed by atoms with Crippen LogP contribution in [0.25, 0.3) is 0 Å². The first kappa shape index (κ1) is 14.0. The fourth-order valence-electron chi connectivity index (χ4n) is 2.33. The van der Waals surface area contributed by atoms with Crippen molar-refractivity contribution in [3.05, 3.63) is 34.1 Å². The van der Waals surface area contributed by atoms with Gasteiger partial charge in [-0.25, -0.2) is 9.18 Å². The first-order valence-electron chi connectivity index (χ1n) is 6.08. The molecule has 1 aliphatic heterocycles. The number of piperazine rings is 1. The first-order chi connectivity index (χ1) is 9.40. The molecule has 2 rings (SSSR count). The molecule has 0 radical (unpaired) electrons. The molecule has 8 heteroatoms. The molecule has 1 atom stereocenters. The zero-order chi connectivity index (χ0) is 14.9. The number of hydrogen-bond donors (Lipinski definition) is 1. The van der Waals surface area contributed by atoms with E-state index < -0.39 is 16.8 Å². The Morgan fingerprint density at radius 2 is 2.20 bits per heavy atom. The average Bonchev–Trinajstić information content (AvgIpc) is 2.38. The van der Waals surface area contributed by atoms with Crippen LogP contribution in [0.3, 0.4) is 0 Å². The van der Waals surface area contributed by atoms with Gasteiger partial charge in [-0.05, 0) is 13.0 Å². The number of anilines is 1. The summed E-state index contributed by atoms with van der Waals surface area (Å²) in [5, 5.41) is 19.5. The van der Waals surface area contributed by atoms with Gasteiger partial charge in [0.1, 0.15) is 0 Å². The van der Waals surface area contributed by atoms with Gasteiger partial charge in [-0.3, -0.25) is 10.1 Å². The molecule has 7 nitrogen and oxygen atoms in total. The van der Waals surface area contributed by atoms with Gasteiger partial charge in [0, 0.05) is 31.7 Å². The molecule has 1 saturated heterocycles. The molecule has 108 valence electrons. The molecule has 0 aliphatic carbocycles. The minimum absolute atomic E-state index is 0.198. The molecular weight excluding hydrogens is 269 g/mol. The topological polar surface area (TPSA) is 86.9 Å². The third-order valence-electron chi connectivity index (χ3n) is 3.35. The van der Waals surface area contributed by atoms with Gasteiger partial charge in [-0.2, -0.15) is 0 Å². The number of nitro groups is 1. The van der Waals surface area contributed by atoms with E-state index in [0.717, 1.165) is 6.07 Å². The van der Waals surface area contributed by atoms with Crippen LogP contribution in [-0.2, 0) is 0 Å². The lowest BCUT2D eigenvalue weighted by atomic mass is 10.1. The molecule has 1 unspecified atom stereocenters. The summed E-state index contributed by atoms with van der Waals surface area (Å²) >= 11 is 0. The Morgan fingerprint density at radius 3 is 2.70 bits per heavy atom. The number of carboxylic acid groups (broad SMARTS) is 1. The van der Waals surface area contributed by atoms with Crippen molar-refractivity contribution in [1.82, 2.24) is 4.90 Å². The highest BCUT2D eigenvalue weighted by Gasteiger charge is 2.28. The summed E-state index contributed by atoms with van der Waals surface area (Å²) in [6.07, 6.45) is -0.999. The number of hydrogen-bond acceptors (Lipinski definition) is 4. The lowest BCUT2D eigenvalue weighted by Crippen LogP contribution is -2.53. The van der Waals surface area contributed by atoms with Crippen molar-refractivity contribution in [3.63, 3.8) is 0 Å². The van der Waals surface area contributed by atoms with Crippen molar-refractivity contribution in [3.8, 4) is 0 Å². The number of carbonyl (C=O) groups is 1. The SMILES string of the molecule is CC1CN(C(=O)O)CCN1c1ccc([N+](=O)[O-])cc1F. The Kier molecular flexibility index (Phi) is 3.73. The van der Waals surface area contributed by atoms with Crippen LogP contribution in [0.4, 0.5) is 20.6 Å². The third-order valence-corrected chi connectivity index (χ3v) is 3.35. The van der Waals surface area contributed by atoms with E-state index in [1.54, 1.807) is 11.8 Å². The second-order valence-corrected chi connectivity index (χ2v) is 4.66. The monoisotopic (exact) mass is 283 g/mol. The Labute approximate surface area is 114 Å². The van der Waals surface area contributed by atoms with Crippen LogP contribution in [0.5, 0.6) is 0 Å². The normalized spacial score (nSPS) is 19.0. The maximum absolute atomic E-state index is 13.9. The van der Waals surface area contributed by atoms with Crippen molar-refractivity contribution in [2.75, 3.05) is 24.5 Å². The van der Waals surface area contributed by atoms with E-state index in [2.05, 4.69) is 0 Å². The van der Waals surface area contributed by atoms with Crippen LogP contribution in [0, 0.1) is 15.9 Å². The van der Waals surface area contributed by atoms with Gasteiger partial charge in [0.05, 0.1) is 16.7 Å². The highest BCUT2D eigenvalue weighted by Crippen LogP contribution is 2.27. The van der Waals surface area contributed by atoms with Crippen molar-refractivity contribution in [1.29, 1.82) is 0 Å². The van der Waals surface area contributed by atoms with Crippen LogP contribution < -0.4 is 4.90 Å². The number of non-ortho nitro benzene ring substituents is 1. The number of halogens is 1. The first-order valence-corrected chi connectivity index (χ1v) is 6.08. The summed E-state index contributed by atoms with van der Waals surface area (Å²) in [6.45, 7) is 2.68. The largest absolute Gasteiger partial charge is 0.465 e. The van der Waals surface area contributed by atoms with Gasteiger partial charge < -0.3 is 14.9 Å². The van der Waals surface area contributed by atoms with Crippen LogP contribution in [0.15, 0.2) is 18.2 Å². The predicted molar refractivity (Wildman–Crippen MR) is 69.5 cm³/mol. The van der Waals surface area contributed by atoms with Crippen LogP contribution in [0.2, 0.25) is 0 Å². The van der Waals surface area contributed by atoms with E-state index >= 15 is 0 Å². The molecule has 1 fully saturated rings. The average molecular weight is 283 g/mol. The third kappa shape index (κ3) is 2.63. The number of amides is 1. The Hall–Kier alpha value is -2.38. The molecule has 1 amide bonds. The number of rotatable bonds is 2. The zero-order valence-electron chi connectivity index (χ0n) is 10.8. The predicted octanol–water partition coefficient (Wildman–Crippen LogP) is 1.92. The molecule has 1 aromatic carbocycles. The lowest BCUT2D eigenvalue weighted by Gasteiger charge is -2.40. The maximum Gasteiger partial charge on any atom is 0.407 e. The van der Waals surface area contributed by atoms with E-state index in [1.165, 1.54) is 17.0 Å². The molecule has 0 bridgehead atoms. The van der Waals surface area contributed by atoms with Crippen molar-refractivity contribution in [2.24, 2.45) is 0 Å². The molecule has 20 heavy (non-hydrogen) atoms. The van der Waals surface area contributed by atoms with E-state index in [-0.39, 0.29) is 30.5 Å². The molecule has 0 saturated carbocycles. The summed E-state index contributed by atoms with van der Waals surface area (Å²) in [4.78, 5) is 23.8. The molecule has 1 aliphatic rings. The van der Waals surface area contributed by atoms with E-state index in [9.17, 15) is 19.3 Å². The molecule has 1 heterocycles. The summed E-state index contributed by atoms with van der Waals surface area (Å²) < 4.78 is 13.9. The summed E-state index contributed by atoms with van der Waals surface area (Å²) in [5.41, 5.74) is -0.0452. The van der Waals surface area contributed by atoms with Gasteiger partial charge in [0.2, 0.25) is 0 Å². The fraction of sp³-hybridized carbons (Fsp3) is 0.417. The minimum atomic E-state index is -0.999. The zero-order valence-corrected chi connectivity index (χ0v) is 10.8. The van der Waals surface area contributed by atoms with Gasteiger partial charge in [0.25, 0.3) is 5.69 Å².